The van der Waals surface area contributed by atoms with Crippen LogP contribution in [0.25, 0.3) is 0 Å². The lowest BCUT2D eigenvalue weighted by Crippen LogP contribution is -2.41. The van der Waals surface area contributed by atoms with E-state index in [0.717, 1.165) is 11.5 Å². The Balaban J connectivity index is 2.30. The molecule has 0 aromatic carbocycles. The van der Waals surface area contributed by atoms with Crippen molar-refractivity contribution in [3.63, 3.8) is 0 Å². The van der Waals surface area contributed by atoms with Crippen LogP contribution in [0.1, 0.15) is 55.4 Å². The van der Waals surface area contributed by atoms with E-state index in [1.54, 1.807) is 0 Å². The fourth-order valence-corrected chi connectivity index (χ4v) is 4.47. The second-order valence-corrected chi connectivity index (χ2v) is 16.2. The van der Waals surface area contributed by atoms with Gasteiger partial charge in [-0.25, -0.2) is 0 Å². The van der Waals surface area contributed by atoms with E-state index in [1.807, 2.05) is 0 Å². The molecule has 2 rings (SSSR count). The molecule has 142 valence electrons. The van der Waals surface area contributed by atoms with Crippen LogP contribution in [0, 0.1) is 0 Å². The zero-order valence-electron chi connectivity index (χ0n) is 18.1. The van der Waals surface area contributed by atoms with Crippen molar-refractivity contribution in [2.24, 2.45) is 0 Å². The molecule has 7 heteroatoms. The van der Waals surface area contributed by atoms with Crippen LogP contribution >= 0.6 is 0 Å². The highest BCUT2D eigenvalue weighted by Gasteiger charge is 2.54. The van der Waals surface area contributed by atoms with Gasteiger partial charge in [0.2, 0.25) is 0 Å². The fraction of sp³-hybridized carbons (Fsp3) is 0.889. The molecule has 25 heavy (non-hydrogen) atoms. The van der Waals surface area contributed by atoms with Gasteiger partial charge in [-0.15, -0.1) is 0 Å². The number of hydrogen-bond donors (Lipinski definition) is 0. The minimum atomic E-state index is -1.36. The second-order valence-electron chi connectivity index (χ2n) is 10.7. The van der Waals surface area contributed by atoms with Crippen molar-refractivity contribution < 1.29 is 18.6 Å². The molecule has 2 aliphatic heterocycles. The average molecular weight is 366 g/mol. The van der Waals surface area contributed by atoms with Crippen molar-refractivity contribution in [3.05, 3.63) is 11.4 Å². The van der Waals surface area contributed by atoms with Crippen molar-refractivity contribution in [3.8, 4) is 0 Å². The molecule has 0 amide bonds. The molecule has 2 saturated heterocycles. The Hall–Kier alpha value is -0.0732. The van der Waals surface area contributed by atoms with Crippen LogP contribution < -0.4 is 0 Å². The smallest absolute Gasteiger partial charge is 0.400 e. The lowest BCUT2D eigenvalue weighted by molar-refractivity contribution is 0.00578. The summed E-state index contributed by atoms with van der Waals surface area (Å²) in [7, 11) is -2.07. The summed E-state index contributed by atoms with van der Waals surface area (Å²) >= 11 is 0. The summed E-state index contributed by atoms with van der Waals surface area (Å²) in [4.78, 5) is 0. The Bertz CT molecular complexity index is 518. The highest BCUT2D eigenvalue weighted by atomic mass is 28.3. The Labute approximate surface area is 156 Å². The molecule has 0 aromatic heterocycles. The van der Waals surface area contributed by atoms with Crippen LogP contribution in [-0.4, -0.2) is 44.7 Å². The predicted molar refractivity (Wildman–Crippen MR) is 108 cm³/mol. The van der Waals surface area contributed by atoms with Gasteiger partial charge in [-0.3, -0.25) is 0 Å². The Kier molecular flexibility index (Phi) is 5.29. The molecule has 0 spiro atoms. The minimum absolute atomic E-state index is 0.337. The largest absolute Gasteiger partial charge is 0.489 e. The highest BCUT2D eigenvalue weighted by Crippen LogP contribution is 2.41. The molecular weight excluding hydrogens is 330 g/mol. The summed E-state index contributed by atoms with van der Waals surface area (Å²) in [6.07, 6.45) is 0. The van der Waals surface area contributed by atoms with E-state index in [2.05, 4.69) is 81.0 Å². The molecule has 0 aromatic rings. The van der Waals surface area contributed by atoms with Gasteiger partial charge in [-0.05, 0) is 66.9 Å². The molecule has 2 aliphatic rings. The first-order chi connectivity index (χ1) is 11.0. The zero-order valence-corrected chi connectivity index (χ0v) is 19.1. The molecule has 0 radical (unpaired) electrons. The maximum Gasteiger partial charge on any atom is 0.489 e. The number of rotatable bonds is 4. The Morgan fingerprint density at radius 2 is 1.08 bits per heavy atom. The first-order valence-electron chi connectivity index (χ1n) is 9.38. The van der Waals surface area contributed by atoms with Gasteiger partial charge in [0, 0.05) is 8.07 Å². The van der Waals surface area contributed by atoms with Crippen LogP contribution in [0.5, 0.6) is 0 Å². The zero-order chi connectivity index (χ0) is 19.5. The number of allylic oxidation sites excluding steroid dienone is 1. The van der Waals surface area contributed by atoms with Gasteiger partial charge in [0.15, 0.2) is 0 Å². The normalized spacial score (nSPS) is 27.9. The molecule has 2 fully saturated rings. The van der Waals surface area contributed by atoms with Crippen molar-refractivity contribution in [2.75, 3.05) is 0 Å². The van der Waals surface area contributed by atoms with E-state index in [4.69, 9.17) is 18.6 Å². The Morgan fingerprint density at radius 1 is 0.720 bits per heavy atom. The summed E-state index contributed by atoms with van der Waals surface area (Å²) in [5.74, 6) is 2.09. The second kappa shape index (κ2) is 6.23. The number of hydrogen-bond acceptors (Lipinski definition) is 4. The van der Waals surface area contributed by atoms with Crippen molar-refractivity contribution in [1.82, 2.24) is 0 Å². The van der Waals surface area contributed by atoms with Crippen molar-refractivity contribution in [1.29, 1.82) is 0 Å². The third-order valence-electron chi connectivity index (χ3n) is 5.91. The van der Waals surface area contributed by atoms with E-state index >= 15 is 0 Å². The third kappa shape index (κ3) is 4.44. The van der Waals surface area contributed by atoms with Crippen LogP contribution in [0.4, 0.5) is 0 Å². The molecular formula is C18H36B2O4Si. The van der Waals surface area contributed by atoms with Crippen LogP contribution in [0.3, 0.4) is 0 Å². The standard InChI is InChI=1S/C18H36B2O4Si/c1-15(2)16(3,4)22-19(21-15)12-14(13-25(9,10)11)20-23-17(5,6)18(7,8)24-20/h12H,13H2,1-11H3/b14-12+. The molecule has 0 bridgehead atoms. The van der Waals surface area contributed by atoms with Gasteiger partial charge < -0.3 is 18.6 Å². The van der Waals surface area contributed by atoms with E-state index < -0.39 is 8.07 Å². The summed E-state index contributed by atoms with van der Waals surface area (Å²) < 4.78 is 25.0. The first kappa shape index (κ1) is 21.2. The van der Waals surface area contributed by atoms with E-state index in [9.17, 15) is 0 Å². The Morgan fingerprint density at radius 3 is 1.44 bits per heavy atom. The minimum Gasteiger partial charge on any atom is -0.400 e. The van der Waals surface area contributed by atoms with Gasteiger partial charge in [0.1, 0.15) is 0 Å². The molecule has 2 heterocycles. The summed E-state index contributed by atoms with van der Waals surface area (Å²) in [5.41, 5.74) is -0.211. The summed E-state index contributed by atoms with van der Waals surface area (Å²) in [6.45, 7) is 23.7. The van der Waals surface area contributed by atoms with Gasteiger partial charge in [0.25, 0.3) is 0 Å². The van der Waals surface area contributed by atoms with E-state index in [1.165, 1.54) is 0 Å². The highest BCUT2D eigenvalue weighted by molar-refractivity contribution is 6.79. The lowest BCUT2D eigenvalue weighted by atomic mass is 9.72. The molecule has 0 aliphatic carbocycles. The fourth-order valence-electron chi connectivity index (χ4n) is 2.96. The van der Waals surface area contributed by atoms with Crippen molar-refractivity contribution >= 4 is 22.3 Å². The maximum absolute atomic E-state index is 6.31. The van der Waals surface area contributed by atoms with Gasteiger partial charge in [0.05, 0.1) is 22.4 Å². The van der Waals surface area contributed by atoms with E-state index in [0.29, 0.717) is 0 Å². The predicted octanol–water partition coefficient (Wildman–Crippen LogP) is 4.51. The lowest BCUT2D eigenvalue weighted by Gasteiger charge is -2.32. The first-order valence-corrected chi connectivity index (χ1v) is 13.1. The average Bonchev–Trinajstić information content (AvgIpc) is 2.65. The van der Waals surface area contributed by atoms with Gasteiger partial charge in [-0.1, -0.05) is 25.6 Å². The van der Waals surface area contributed by atoms with Crippen LogP contribution in [0.2, 0.25) is 25.7 Å². The van der Waals surface area contributed by atoms with Crippen LogP contribution in [-0.2, 0) is 18.6 Å². The van der Waals surface area contributed by atoms with Crippen molar-refractivity contribution in [2.45, 2.75) is 103 Å². The summed E-state index contributed by atoms with van der Waals surface area (Å²) in [5, 5.41) is 0. The molecule has 4 nitrogen and oxygen atoms in total. The topological polar surface area (TPSA) is 36.9 Å². The molecule has 0 saturated carbocycles. The maximum atomic E-state index is 6.31. The van der Waals surface area contributed by atoms with Gasteiger partial charge in [-0.2, -0.15) is 0 Å². The molecule has 0 atom stereocenters. The quantitative estimate of drug-likeness (QED) is 0.686. The monoisotopic (exact) mass is 366 g/mol. The summed E-state index contributed by atoms with van der Waals surface area (Å²) in [6, 6.07) is 0.994. The van der Waals surface area contributed by atoms with Gasteiger partial charge >= 0.3 is 14.2 Å². The van der Waals surface area contributed by atoms with E-state index in [-0.39, 0.29) is 36.6 Å². The third-order valence-corrected chi connectivity index (χ3v) is 7.38. The molecule has 0 unspecified atom stereocenters. The molecule has 0 N–H and O–H groups in total. The SMILES string of the molecule is CC1(C)OB(/C=C(\C[Si](C)(C)C)B2OC(C)(C)C(C)(C)O2)OC1(C)C. The van der Waals surface area contributed by atoms with Crippen LogP contribution in [0.15, 0.2) is 11.4 Å².